The number of nitrogens with zero attached hydrogens (tertiary/aromatic N) is 1. The number of hydrogen-bond acceptors (Lipinski definition) is 3. The molecule has 0 spiro atoms. The molecule has 3 nitrogen and oxygen atoms in total. The molecular formula is C15H23NO2S. The number of benzene rings is 1. The van der Waals surface area contributed by atoms with Gasteiger partial charge >= 0.3 is 5.97 Å². The van der Waals surface area contributed by atoms with Crippen molar-refractivity contribution in [1.29, 1.82) is 0 Å². The van der Waals surface area contributed by atoms with Gasteiger partial charge in [0, 0.05) is 23.7 Å². The smallest absolute Gasteiger partial charge is 0.307 e. The Morgan fingerprint density at radius 2 is 2.00 bits per heavy atom. The topological polar surface area (TPSA) is 40.5 Å². The van der Waals surface area contributed by atoms with Crippen LogP contribution in [0.1, 0.15) is 19.4 Å². The molecule has 0 aliphatic rings. The van der Waals surface area contributed by atoms with Crippen LogP contribution in [-0.2, 0) is 4.79 Å². The van der Waals surface area contributed by atoms with Crippen LogP contribution in [0.15, 0.2) is 29.2 Å². The highest BCUT2D eigenvalue weighted by Crippen LogP contribution is 2.18. The molecule has 1 aromatic rings. The number of carbonyl (C=O) groups is 1. The summed E-state index contributed by atoms with van der Waals surface area (Å²) >= 11 is 1.82. The Labute approximate surface area is 120 Å². The molecule has 0 amide bonds. The van der Waals surface area contributed by atoms with Gasteiger partial charge in [0.25, 0.3) is 0 Å². The van der Waals surface area contributed by atoms with Crippen LogP contribution < -0.4 is 0 Å². The first-order chi connectivity index (χ1) is 9.02. The van der Waals surface area contributed by atoms with Crippen molar-refractivity contribution < 1.29 is 9.90 Å². The van der Waals surface area contributed by atoms with E-state index in [0.717, 1.165) is 18.8 Å². The highest BCUT2D eigenvalue weighted by atomic mass is 32.2. The van der Waals surface area contributed by atoms with Crippen LogP contribution in [0.25, 0.3) is 0 Å². The fourth-order valence-electron chi connectivity index (χ4n) is 1.77. The summed E-state index contributed by atoms with van der Waals surface area (Å²) in [5.41, 5.74) is 1.27. The second-order valence-corrected chi connectivity index (χ2v) is 5.96. The van der Waals surface area contributed by atoms with E-state index in [-0.39, 0.29) is 5.92 Å². The summed E-state index contributed by atoms with van der Waals surface area (Å²) in [6.07, 6.45) is 0. The van der Waals surface area contributed by atoms with Crippen LogP contribution >= 0.6 is 11.8 Å². The molecule has 0 aliphatic heterocycles. The van der Waals surface area contributed by atoms with E-state index in [0.29, 0.717) is 6.54 Å². The summed E-state index contributed by atoms with van der Waals surface area (Å²) in [5.74, 6) is -0.0302. The minimum Gasteiger partial charge on any atom is -0.481 e. The molecule has 0 heterocycles. The van der Waals surface area contributed by atoms with Gasteiger partial charge in [0.2, 0.25) is 0 Å². The SMILES string of the molecule is CCN(CCSc1ccc(C)cc1)CC(C)C(=O)O. The molecule has 1 N–H and O–H groups in total. The average molecular weight is 281 g/mol. The molecule has 1 aromatic carbocycles. The Hall–Kier alpha value is -1.00. The van der Waals surface area contributed by atoms with Crippen LogP contribution in [0.5, 0.6) is 0 Å². The lowest BCUT2D eigenvalue weighted by molar-refractivity contribution is -0.141. The van der Waals surface area contributed by atoms with Crippen molar-refractivity contribution in [2.75, 3.05) is 25.4 Å². The van der Waals surface area contributed by atoms with E-state index in [1.807, 2.05) is 11.8 Å². The van der Waals surface area contributed by atoms with E-state index in [1.54, 1.807) is 6.92 Å². The first kappa shape index (κ1) is 16.1. The maximum atomic E-state index is 10.8. The minimum absolute atomic E-state index is 0.302. The molecule has 19 heavy (non-hydrogen) atoms. The third-order valence-corrected chi connectivity index (χ3v) is 4.09. The Morgan fingerprint density at radius 1 is 1.37 bits per heavy atom. The summed E-state index contributed by atoms with van der Waals surface area (Å²) in [5, 5.41) is 8.92. The van der Waals surface area contributed by atoms with E-state index in [2.05, 4.69) is 43.0 Å². The second-order valence-electron chi connectivity index (χ2n) is 4.79. The molecule has 0 aliphatic carbocycles. The fourth-order valence-corrected chi connectivity index (χ4v) is 2.68. The zero-order chi connectivity index (χ0) is 14.3. The maximum Gasteiger partial charge on any atom is 0.307 e. The van der Waals surface area contributed by atoms with Crippen molar-refractivity contribution >= 4 is 17.7 Å². The average Bonchev–Trinajstić information content (AvgIpc) is 2.39. The third-order valence-electron chi connectivity index (χ3n) is 3.10. The Morgan fingerprint density at radius 3 is 2.53 bits per heavy atom. The van der Waals surface area contributed by atoms with E-state index in [4.69, 9.17) is 5.11 Å². The molecule has 1 unspecified atom stereocenters. The fraction of sp³-hybridized carbons (Fsp3) is 0.533. The number of thioether (sulfide) groups is 1. The van der Waals surface area contributed by atoms with Crippen molar-refractivity contribution in [2.24, 2.45) is 5.92 Å². The predicted octanol–water partition coefficient (Wildman–Crippen LogP) is 3.13. The third kappa shape index (κ3) is 6.12. The lowest BCUT2D eigenvalue weighted by Crippen LogP contribution is -2.33. The number of hydrogen-bond donors (Lipinski definition) is 1. The van der Waals surface area contributed by atoms with E-state index in [1.165, 1.54) is 10.5 Å². The standard InChI is InChI=1S/C15H23NO2S/c1-4-16(11-13(3)15(17)18)9-10-19-14-7-5-12(2)6-8-14/h5-8,13H,4,9-11H2,1-3H3,(H,17,18). The van der Waals surface area contributed by atoms with Crippen LogP contribution in [0.2, 0.25) is 0 Å². The van der Waals surface area contributed by atoms with Gasteiger partial charge in [-0.05, 0) is 25.6 Å². The number of aliphatic carboxylic acids is 1. The van der Waals surface area contributed by atoms with Crippen molar-refractivity contribution in [3.05, 3.63) is 29.8 Å². The van der Waals surface area contributed by atoms with Gasteiger partial charge in [-0.3, -0.25) is 4.79 Å². The largest absolute Gasteiger partial charge is 0.481 e. The summed E-state index contributed by atoms with van der Waals surface area (Å²) in [6.45, 7) is 8.36. The maximum absolute atomic E-state index is 10.8. The summed E-state index contributed by atoms with van der Waals surface area (Å²) < 4.78 is 0. The molecule has 4 heteroatoms. The number of aryl methyl sites for hydroxylation is 1. The lowest BCUT2D eigenvalue weighted by atomic mass is 10.2. The monoisotopic (exact) mass is 281 g/mol. The number of rotatable bonds is 8. The van der Waals surface area contributed by atoms with Gasteiger partial charge in [-0.1, -0.05) is 31.5 Å². The highest BCUT2D eigenvalue weighted by molar-refractivity contribution is 7.99. The first-order valence-corrected chi connectivity index (χ1v) is 7.66. The Bertz CT molecular complexity index is 392. The Balaban J connectivity index is 2.33. The summed E-state index contributed by atoms with van der Waals surface area (Å²) in [6, 6.07) is 8.51. The second kappa shape index (κ2) is 8.23. The molecule has 1 rings (SSSR count). The zero-order valence-electron chi connectivity index (χ0n) is 11.9. The minimum atomic E-state index is -0.718. The Kier molecular flexibility index (Phi) is 6.95. The van der Waals surface area contributed by atoms with E-state index < -0.39 is 5.97 Å². The zero-order valence-corrected chi connectivity index (χ0v) is 12.7. The molecule has 106 valence electrons. The molecule has 1 atom stereocenters. The molecular weight excluding hydrogens is 258 g/mol. The van der Waals surface area contributed by atoms with Crippen LogP contribution in [0, 0.1) is 12.8 Å². The lowest BCUT2D eigenvalue weighted by Gasteiger charge is -2.22. The molecule has 0 radical (unpaired) electrons. The molecule has 0 fully saturated rings. The van der Waals surface area contributed by atoms with Crippen molar-refractivity contribution in [3.63, 3.8) is 0 Å². The first-order valence-electron chi connectivity index (χ1n) is 6.67. The predicted molar refractivity (Wildman–Crippen MR) is 80.8 cm³/mol. The molecule has 0 aromatic heterocycles. The van der Waals surface area contributed by atoms with Gasteiger partial charge < -0.3 is 10.0 Å². The van der Waals surface area contributed by atoms with Gasteiger partial charge in [-0.15, -0.1) is 11.8 Å². The van der Waals surface area contributed by atoms with Gasteiger partial charge in [0.05, 0.1) is 5.92 Å². The van der Waals surface area contributed by atoms with Crippen molar-refractivity contribution in [1.82, 2.24) is 4.90 Å². The van der Waals surface area contributed by atoms with Crippen LogP contribution in [-0.4, -0.2) is 41.4 Å². The van der Waals surface area contributed by atoms with E-state index in [9.17, 15) is 4.79 Å². The van der Waals surface area contributed by atoms with Gasteiger partial charge in [-0.2, -0.15) is 0 Å². The normalized spacial score (nSPS) is 12.6. The van der Waals surface area contributed by atoms with Crippen molar-refractivity contribution in [2.45, 2.75) is 25.7 Å². The summed E-state index contributed by atoms with van der Waals surface area (Å²) in [7, 11) is 0. The van der Waals surface area contributed by atoms with Gasteiger partial charge in [-0.25, -0.2) is 0 Å². The quantitative estimate of drug-likeness (QED) is 0.743. The number of carboxylic acids is 1. The number of carboxylic acid groups (broad SMARTS) is 1. The van der Waals surface area contributed by atoms with Crippen molar-refractivity contribution in [3.8, 4) is 0 Å². The summed E-state index contributed by atoms with van der Waals surface area (Å²) in [4.78, 5) is 14.3. The van der Waals surface area contributed by atoms with Crippen LogP contribution in [0.4, 0.5) is 0 Å². The van der Waals surface area contributed by atoms with E-state index >= 15 is 0 Å². The van der Waals surface area contributed by atoms with Crippen LogP contribution in [0.3, 0.4) is 0 Å². The van der Waals surface area contributed by atoms with Gasteiger partial charge in [0.1, 0.15) is 0 Å². The van der Waals surface area contributed by atoms with Gasteiger partial charge in [0.15, 0.2) is 0 Å². The molecule has 0 bridgehead atoms. The molecule has 0 saturated carbocycles. The highest BCUT2D eigenvalue weighted by Gasteiger charge is 2.14. The molecule has 0 saturated heterocycles.